The van der Waals surface area contributed by atoms with Crippen molar-refractivity contribution >= 4 is 27.3 Å². The average Bonchev–Trinajstić information content (AvgIpc) is 2.59. The van der Waals surface area contributed by atoms with E-state index in [0.717, 1.165) is 16.1 Å². The van der Waals surface area contributed by atoms with Crippen molar-refractivity contribution in [2.45, 2.75) is 26.7 Å². The molecule has 1 N–H and O–H groups in total. The summed E-state index contributed by atoms with van der Waals surface area (Å²) < 4.78 is 31.0. The van der Waals surface area contributed by atoms with Crippen LogP contribution in [0.4, 0.5) is 11.4 Å². The van der Waals surface area contributed by atoms with Crippen molar-refractivity contribution in [3.63, 3.8) is 0 Å². The number of rotatable bonds is 8. The van der Waals surface area contributed by atoms with E-state index in [1.54, 1.807) is 24.3 Å². The monoisotopic (exact) mass is 390 g/mol. The van der Waals surface area contributed by atoms with Gasteiger partial charge in [0.1, 0.15) is 12.3 Å². The van der Waals surface area contributed by atoms with Crippen molar-refractivity contribution in [3.8, 4) is 5.75 Å². The summed E-state index contributed by atoms with van der Waals surface area (Å²) in [5, 5.41) is 2.83. The number of benzene rings is 2. The van der Waals surface area contributed by atoms with E-state index in [0.29, 0.717) is 23.7 Å². The SMILES string of the molecule is CCOc1cccc(N(CC(=O)Nc2ccccc2C(C)C)S(C)(=O)=O)c1. The Morgan fingerprint density at radius 3 is 2.48 bits per heavy atom. The molecule has 0 saturated carbocycles. The van der Waals surface area contributed by atoms with Gasteiger partial charge in [-0.05, 0) is 36.6 Å². The summed E-state index contributed by atoms with van der Waals surface area (Å²) in [5.41, 5.74) is 2.07. The first kappa shape index (κ1) is 20.8. The van der Waals surface area contributed by atoms with Gasteiger partial charge in [0.2, 0.25) is 15.9 Å². The topological polar surface area (TPSA) is 75.7 Å². The van der Waals surface area contributed by atoms with Gasteiger partial charge < -0.3 is 10.1 Å². The molecule has 0 spiro atoms. The van der Waals surface area contributed by atoms with Crippen LogP contribution in [0, 0.1) is 0 Å². The number of carbonyl (C=O) groups excluding carboxylic acids is 1. The van der Waals surface area contributed by atoms with Crippen LogP contribution in [-0.2, 0) is 14.8 Å². The van der Waals surface area contributed by atoms with E-state index in [4.69, 9.17) is 4.74 Å². The molecule has 2 aromatic rings. The summed E-state index contributed by atoms with van der Waals surface area (Å²) in [7, 11) is -3.65. The van der Waals surface area contributed by atoms with Gasteiger partial charge in [-0.3, -0.25) is 9.10 Å². The molecule has 0 heterocycles. The number of carbonyl (C=O) groups is 1. The minimum Gasteiger partial charge on any atom is -0.494 e. The second-order valence-electron chi connectivity index (χ2n) is 6.49. The van der Waals surface area contributed by atoms with Crippen molar-refractivity contribution in [1.29, 1.82) is 0 Å². The predicted molar refractivity (Wildman–Crippen MR) is 109 cm³/mol. The number of amides is 1. The Balaban J connectivity index is 2.25. The van der Waals surface area contributed by atoms with Crippen molar-refractivity contribution in [1.82, 2.24) is 0 Å². The molecule has 146 valence electrons. The fraction of sp³-hybridized carbons (Fsp3) is 0.350. The molecule has 0 aliphatic carbocycles. The number of hydrogen-bond donors (Lipinski definition) is 1. The molecule has 2 aromatic carbocycles. The van der Waals surface area contributed by atoms with E-state index in [1.807, 2.05) is 45.0 Å². The molecular weight excluding hydrogens is 364 g/mol. The summed E-state index contributed by atoms with van der Waals surface area (Å²) in [4.78, 5) is 12.6. The molecule has 0 aliphatic heterocycles. The third-order valence-electron chi connectivity index (χ3n) is 3.96. The molecule has 0 bridgehead atoms. The predicted octanol–water partition coefficient (Wildman–Crippen LogP) is 3.61. The smallest absolute Gasteiger partial charge is 0.245 e. The number of ether oxygens (including phenoxy) is 1. The Hall–Kier alpha value is -2.54. The quantitative estimate of drug-likeness (QED) is 0.747. The molecular formula is C20H26N2O4S. The fourth-order valence-electron chi connectivity index (χ4n) is 2.73. The molecule has 0 radical (unpaired) electrons. The maximum atomic E-state index is 12.6. The first-order valence-electron chi connectivity index (χ1n) is 8.81. The largest absolute Gasteiger partial charge is 0.494 e. The minimum absolute atomic E-state index is 0.232. The second-order valence-corrected chi connectivity index (χ2v) is 8.40. The Bertz CT molecular complexity index is 894. The maximum Gasteiger partial charge on any atom is 0.245 e. The van der Waals surface area contributed by atoms with Crippen molar-refractivity contribution in [2.24, 2.45) is 0 Å². The molecule has 0 unspecified atom stereocenters. The van der Waals surface area contributed by atoms with Gasteiger partial charge in [0.15, 0.2) is 0 Å². The number of hydrogen-bond acceptors (Lipinski definition) is 4. The zero-order valence-corrected chi connectivity index (χ0v) is 16.9. The van der Waals surface area contributed by atoms with Gasteiger partial charge in [0, 0.05) is 11.8 Å². The van der Waals surface area contributed by atoms with Gasteiger partial charge in [-0.2, -0.15) is 0 Å². The lowest BCUT2D eigenvalue weighted by Crippen LogP contribution is -2.37. The zero-order chi connectivity index (χ0) is 20.0. The molecule has 0 aromatic heterocycles. The van der Waals surface area contributed by atoms with Crippen LogP contribution in [0.3, 0.4) is 0 Å². The number of sulfonamides is 1. The standard InChI is InChI=1S/C20H26N2O4S/c1-5-26-17-10-8-9-16(13-17)22(27(4,24)25)14-20(23)21-19-12-7-6-11-18(19)15(2)3/h6-13,15H,5,14H2,1-4H3,(H,21,23). The van der Waals surface area contributed by atoms with Crippen molar-refractivity contribution < 1.29 is 17.9 Å². The fourth-order valence-corrected chi connectivity index (χ4v) is 3.58. The first-order valence-corrected chi connectivity index (χ1v) is 10.7. The van der Waals surface area contributed by atoms with Crippen LogP contribution in [0.15, 0.2) is 48.5 Å². The highest BCUT2D eigenvalue weighted by Gasteiger charge is 2.22. The highest BCUT2D eigenvalue weighted by atomic mass is 32.2. The second kappa shape index (κ2) is 8.90. The average molecular weight is 391 g/mol. The lowest BCUT2D eigenvalue weighted by Gasteiger charge is -2.23. The number of nitrogens with one attached hydrogen (secondary N) is 1. The maximum absolute atomic E-state index is 12.6. The van der Waals surface area contributed by atoms with E-state index in [1.165, 1.54) is 0 Å². The van der Waals surface area contributed by atoms with Gasteiger partial charge in [0.25, 0.3) is 0 Å². The summed E-state index contributed by atoms with van der Waals surface area (Å²) >= 11 is 0. The summed E-state index contributed by atoms with van der Waals surface area (Å²) in [5.74, 6) is 0.375. The number of anilines is 2. The van der Waals surface area contributed by atoms with Gasteiger partial charge >= 0.3 is 0 Å². The van der Waals surface area contributed by atoms with Crippen LogP contribution < -0.4 is 14.4 Å². The first-order chi connectivity index (χ1) is 12.7. The Morgan fingerprint density at radius 1 is 1.15 bits per heavy atom. The lowest BCUT2D eigenvalue weighted by atomic mass is 10.0. The van der Waals surface area contributed by atoms with Crippen LogP contribution in [0.25, 0.3) is 0 Å². The molecule has 7 heteroatoms. The van der Waals surface area contributed by atoms with E-state index in [9.17, 15) is 13.2 Å². The van der Waals surface area contributed by atoms with Gasteiger partial charge in [-0.1, -0.05) is 38.1 Å². The number of nitrogens with zero attached hydrogens (tertiary/aromatic N) is 1. The van der Waals surface area contributed by atoms with E-state index in [-0.39, 0.29) is 12.5 Å². The Kier molecular flexibility index (Phi) is 6.85. The third-order valence-corrected chi connectivity index (χ3v) is 5.10. The van der Waals surface area contributed by atoms with Gasteiger partial charge in [-0.15, -0.1) is 0 Å². The molecule has 2 rings (SSSR count). The van der Waals surface area contributed by atoms with Crippen LogP contribution in [0.5, 0.6) is 5.75 Å². The molecule has 0 fully saturated rings. The van der Waals surface area contributed by atoms with E-state index < -0.39 is 15.9 Å². The van der Waals surface area contributed by atoms with E-state index >= 15 is 0 Å². The lowest BCUT2D eigenvalue weighted by molar-refractivity contribution is -0.114. The van der Waals surface area contributed by atoms with Crippen LogP contribution in [0.2, 0.25) is 0 Å². The van der Waals surface area contributed by atoms with Crippen molar-refractivity contribution in [2.75, 3.05) is 29.0 Å². The molecule has 0 aliphatic rings. The summed E-state index contributed by atoms with van der Waals surface area (Å²) in [6, 6.07) is 14.2. The summed E-state index contributed by atoms with van der Waals surface area (Å²) in [6.07, 6.45) is 1.08. The van der Waals surface area contributed by atoms with Crippen LogP contribution >= 0.6 is 0 Å². The molecule has 1 amide bonds. The van der Waals surface area contributed by atoms with Gasteiger partial charge in [0.05, 0.1) is 18.6 Å². The Morgan fingerprint density at radius 2 is 1.85 bits per heavy atom. The molecule has 0 saturated heterocycles. The highest BCUT2D eigenvalue weighted by Crippen LogP contribution is 2.25. The third kappa shape index (κ3) is 5.72. The normalized spacial score (nSPS) is 11.3. The van der Waals surface area contributed by atoms with Gasteiger partial charge in [-0.25, -0.2) is 8.42 Å². The van der Waals surface area contributed by atoms with Crippen LogP contribution in [0.1, 0.15) is 32.3 Å². The molecule has 6 nitrogen and oxygen atoms in total. The Labute approximate surface area is 161 Å². The van der Waals surface area contributed by atoms with Crippen molar-refractivity contribution in [3.05, 3.63) is 54.1 Å². The minimum atomic E-state index is -3.65. The number of para-hydroxylation sites is 1. The summed E-state index contributed by atoms with van der Waals surface area (Å²) in [6.45, 7) is 6.07. The van der Waals surface area contributed by atoms with E-state index in [2.05, 4.69) is 5.32 Å². The molecule has 0 atom stereocenters. The molecule has 27 heavy (non-hydrogen) atoms. The zero-order valence-electron chi connectivity index (χ0n) is 16.1. The van der Waals surface area contributed by atoms with Crippen LogP contribution in [-0.4, -0.2) is 33.7 Å². The highest BCUT2D eigenvalue weighted by molar-refractivity contribution is 7.92.